The van der Waals surface area contributed by atoms with E-state index in [2.05, 4.69) is 49.4 Å². The van der Waals surface area contributed by atoms with Crippen molar-refractivity contribution in [3.63, 3.8) is 0 Å². The number of rotatable bonds is 11. The van der Waals surface area contributed by atoms with Gasteiger partial charge in [0, 0.05) is 38.4 Å². The van der Waals surface area contributed by atoms with Crippen molar-refractivity contribution in [2.45, 2.75) is 45.9 Å². The molecule has 0 aliphatic rings. The first-order valence-electron chi connectivity index (χ1n) is 11.6. The van der Waals surface area contributed by atoms with E-state index in [9.17, 15) is 5.11 Å². The topological polar surface area (TPSA) is 83.7 Å². The second kappa shape index (κ2) is 14.6. The minimum absolute atomic E-state index is 0. The Morgan fingerprint density at radius 3 is 2.50 bits per heavy atom. The molecule has 0 aliphatic carbocycles. The number of benzene rings is 2. The van der Waals surface area contributed by atoms with Crippen LogP contribution in [0.1, 0.15) is 43.8 Å². The molecule has 0 spiro atoms. The van der Waals surface area contributed by atoms with Crippen LogP contribution in [0.2, 0.25) is 0 Å². The fourth-order valence-electron chi connectivity index (χ4n) is 3.45. The molecule has 1 heterocycles. The molecule has 3 N–H and O–H groups in total. The lowest BCUT2D eigenvalue weighted by molar-refractivity contribution is 0.186. The van der Waals surface area contributed by atoms with Gasteiger partial charge in [-0.15, -0.1) is 24.0 Å². The van der Waals surface area contributed by atoms with E-state index in [1.165, 1.54) is 5.56 Å². The number of aromatic nitrogens is 2. The van der Waals surface area contributed by atoms with E-state index in [0.29, 0.717) is 12.5 Å². The molecule has 0 saturated carbocycles. The molecule has 184 valence electrons. The minimum Gasteiger partial charge on any atom is -0.491 e. The highest BCUT2D eigenvalue weighted by Gasteiger charge is 2.09. The SMILES string of the molecule is CCNC(=NCC(O)c1ccc(OC(C)C)cc1)NCCc1nccn1Cc1ccccc1.I. The molecule has 0 radical (unpaired) electrons. The molecule has 0 amide bonds. The highest BCUT2D eigenvalue weighted by molar-refractivity contribution is 14.0. The van der Waals surface area contributed by atoms with Crippen molar-refractivity contribution in [3.8, 4) is 5.75 Å². The van der Waals surface area contributed by atoms with Gasteiger partial charge in [0.1, 0.15) is 11.6 Å². The van der Waals surface area contributed by atoms with Gasteiger partial charge in [0.15, 0.2) is 5.96 Å². The number of ether oxygens (including phenoxy) is 1. The smallest absolute Gasteiger partial charge is 0.191 e. The second-order valence-electron chi connectivity index (χ2n) is 8.10. The number of aliphatic imine (C=N–C) groups is 1. The average Bonchev–Trinajstić information content (AvgIpc) is 3.24. The summed E-state index contributed by atoms with van der Waals surface area (Å²) in [4.78, 5) is 9.06. The van der Waals surface area contributed by atoms with Gasteiger partial charge < -0.3 is 25.0 Å². The van der Waals surface area contributed by atoms with Gasteiger partial charge in [-0.2, -0.15) is 0 Å². The number of hydrogen-bond donors (Lipinski definition) is 3. The predicted molar refractivity (Wildman–Crippen MR) is 148 cm³/mol. The Bertz CT molecular complexity index is 990. The van der Waals surface area contributed by atoms with Gasteiger partial charge in [-0.1, -0.05) is 42.5 Å². The molecule has 34 heavy (non-hydrogen) atoms. The van der Waals surface area contributed by atoms with Crippen molar-refractivity contribution >= 4 is 29.9 Å². The Morgan fingerprint density at radius 1 is 1.09 bits per heavy atom. The number of guanidine groups is 1. The molecule has 0 fully saturated rings. The third-order valence-corrected chi connectivity index (χ3v) is 5.04. The Labute approximate surface area is 219 Å². The van der Waals surface area contributed by atoms with Crippen LogP contribution in [0.15, 0.2) is 72.0 Å². The quantitative estimate of drug-likeness (QED) is 0.181. The molecule has 3 rings (SSSR count). The van der Waals surface area contributed by atoms with Crippen molar-refractivity contribution in [1.82, 2.24) is 20.2 Å². The van der Waals surface area contributed by atoms with Crippen LogP contribution in [-0.2, 0) is 13.0 Å². The largest absolute Gasteiger partial charge is 0.491 e. The Hall–Kier alpha value is -2.59. The molecular formula is C26H36IN5O2. The predicted octanol–water partition coefficient (Wildman–Crippen LogP) is 4.17. The van der Waals surface area contributed by atoms with E-state index in [0.717, 1.165) is 36.6 Å². The van der Waals surface area contributed by atoms with Crippen molar-refractivity contribution in [2.24, 2.45) is 4.99 Å². The molecule has 2 aromatic carbocycles. The van der Waals surface area contributed by atoms with Gasteiger partial charge >= 0.3 is 0 Å². The fourth-order valence-corrected chi connectivity index (χ4v) is 3.45. The summed E-state index contributed by atoms with van der Waals surface area (Å²) in [5, 5.41) is 17.1. The molecule has 3 aromatic rings. The first-order valence-corrected chi connectivity index (χ1v) is 11.6. The highest BCUT2D eigenvalue weighted by Crippen LogP contribution is 2.19. The number of halogens is 1. The zero-order chi connectivity index (χ0) is 23.5. The van der Waals surface area contributed by atoms with Gasteiger partial charge in [0.25, 0.3) is 0 Å². The van der Waals surface area contributed by atoms with Crippen LogP contribution in [0.4, 0.5) is 0 Å². The zero-order valence-electron chi connectivity index (χ0n) is 20.1. The van der Waals surface area contributed by atoms with Gasteiger partial charge in [-0.25, -0.2) is 4.98 Å². The van der Waals surface area contributed by atoms with E-state index in [1.54, 1.807) is 0 Å². The normalized spacial score (nSPS) is 12.2. The Balaban J connectivity index is 0.00000408. The van der Waals surface area contributed by atoms with Crippen molar-refractivity contribution < 1.29 is 9.84 Å². The van der Waals surface area contributed by atoms with E-state index in [4.69, 9.17) is 4.74 Å². The van der Waals surface area contributed by atoms with Crippen LogP contribution in [0, 0.1) is 0 Å². The third kappa shape index (κ3) is 8.98. The molecular weight excluding hydrogens is 541 g/mol. The molecule has 0 bridgehead atoms. The van der Waals surface area contributed by atoms with Crippen LogP contribution in [-0.4, -0.2) is 46.4 Å². The first kappa shape index (κ1) is 27.7. The summed E-state index contributed by atoms with van der Waals surface area (Å²) in [5.74, 6) is 2.49. The molecule has 1 unspecified atom stereocenters. The standard InChI is InChI=1S/C26H35N5O2.HI/c1-4-27-26(30-18-24(32)22-10-12-23(13-11-22)33-20(2)3)29-15-14-25-28-16-17-31(25)19-21-8-6-5-7-9-21;/h5-13,16-17,20,24,32H,4,14-15,18-19H2,1-3H3,(H2,27,29,30);1H. The van der Waals surface area contributed by atoms with Gasteiger partial charge in [0.05, 0.1) is 18.8 Å². The number of imidazole rings is 1. The van der Waals surface area contributed by atoms with E-state index >= 15 is 0 Å². The highest BCUT2D eigenvalue weighted by atomic mass is 127. The third-order valence-electron chi connectivity index (χ3n) is 5.04. The van der Waals surface area contributed by atoms with Crippen LogP contribution < -0.4 is 15.4 Å². The van der Waals surface area contributed by atoms with Crippen LogP contribution >= 0.6 is 24.0 Å². The summed E-state index contributed by atoms with van der Waals surface area (Å²) < 4.78 is 7.82. The monoisotopic (exact) mass is 577 g/mol. The van der Waals surface area contributed by atoms with Crippen LogP contribution in [0.5, 0.6) is 5.75 Å². The summed E-state index contributed by atoms with van der Waals surface area (Å²) in [5.41, 5.74) is 2.06. The van der Waals surface area contributed by atoms with Crippen molar-refractivity contribution in [2.75, 3.05) is 19.6 Å². The lowest BCUT2D eigenvalue weighted by atomic mass is 10.1. The minimum atomic E-state index is -0.682. The molecule has 7 nitrogen and oxygen atoms in total. The zero-order valence-corrected chi connectivity index (χ0v) is 22.5. The van der Waals surface area contributed by atoms with E-state index < -0.39 is 6.10 Å². The lowest BCUT2D eigenvalue weighted by Gasteiger charge is -2.15. The molecule has 8 heteroatoms. The number of nitrogens with one attached hydrogen (secondary N) is 2. The number of aliphatic hydroxyl groups is 1. The summed E-state index contributed by atoms with van der Waals surface area (Å²) >= 11 is 0. The molecule has 0 aliphatic heterocycles. The van der Waals surface area contributed by atoms with Crippen molar-refractivity contribution in [3.05, 3.63) is 83.9 Å². The maximum Gasteiger partial charge on any atom is 0.191 e. The summed E-state index contributed by atoms with van der Waals surface area (Å²) in [6.45, 7) is 8.50. The van der Waals surface area contributed by atoms with Gasteiger partial charge in [-0.3, -0.25) is 4.99 Å². The first-order chi connectivity index (χ1) is 16.0. The number of nitrogens with zero attached hydrogens (tertiary/aromatic N) is 3. The number of hydrogen-bond acceptors (Lipinski definition) is 4. The Kier molecular flexibility index (Phi) is 11.9. The van der Waals surface area contributed by atoms with Gasteiger partial charge in [0.2, 0.25) is 0 Å². The molecule has 1 atom stereocenters. The average molecular weight is 578 g/mol. The maximum atomic E-state index is 10.5. The summed E-state index contributed by atoms with van der Waals surface area (Å²) in [6, 6.07) is 17.9. The van der Waals surface area contributed by atoms with E-state index in [1.807, 2.05) is 63.5 Å². The lowest BCUT2D eigenvalue weighted by Crippen LogP contribution is -2.38. The molecule has 0 saturated heterocycles. The van der Waals surface area contributed by atoms with Crippen LogP contribution in [0.3, 0.4) is 0 Å². The van der Waals surface area contributed by atoms with Crippen LogP contribution in [0.25, 0.3) is 0 Å². The fraction of sp³-hybridized carbons (Fsp3) is 0.385. The second-order valence-corrected chi connectivity index (χ2v) is 8.10. The maximum absolute atomic E-state index is 10.5. The van der Waals surface area contributed by atoms with Crippen molar-refractivity contribution in [1.29, 1.82) is 0 Å². The number of aliphatic hydroxyl groups excluding tert-OH is 1. The Morgan fingerprint density at radius 2 is 1.82 bits per heavy atom. The van der Waals surface area contributed by atoms with Gasteiger partial charge in [-0.05, 0) is 44.0 Å². The molecule has 1 aromatic heterocycles. The summed E-state index contributed by atoms with van der Waals surface area (Å²) in [7, 11) is 0. The summed E-state index contributed by atoms with van der Waals surface area (Å²) in [6.07, 6.45) is 4.05. The van der Waals surface area contributed by atoms with E-state index in [-0.39, 0.29) is 36.6 Å².